The van der Waals surface area contributed by atoms with Gasteiger partial charge in [-0.25, -0.2) is 4.79 Å². The standard InChI is InChI=1S/C15H20N2O4/c1-10(2)13(15(20)21)17-12(18)8-9-16-14(19)11-6-4-3-5-7-11/h3-7,10,13H,8-9H2,1-2H3,(H,16,19)(H,17,18)(H,20,21)/t13-/m1/s1. The van der Waals surface area contributed by atoms with E-state index in [0.29, 0.717) is 5.56 Å². The molecule has 1 aromatic carbocycles. The second-order valence-corrected chi connectivity index (χ2v) is 5.00. The Morgan fingerprint density at radius 2 is 1.76 bits per heavy atom. The molecule has 0 fully saturated rings. The van der Waals surface area contributed by atoms with Crippen LogP contribution in [0.25, 0.3) is 0 Å². The van der Waals surface area contributed by atoms with Crippen LogP contribution in [0, 0.1) is 5.92 Å². The molecule has 0 unspecified atom stereocenters. The summed E-state index contributed by atoms with van der Waals surface area (Å²) in [5, 5.41) is 14.0. The number of aliphatic carboxylic acids is 1. The van der Waals surface area contributed by atoms with Crippen LogP contribution in [0.2, 0.25) is 0 Å². The number of carboxylic acids is 1. The van der Waals surface area contributed by atoms with Crippen molar-refractivity contribution < 1.29 is 19.5 Å². The molecule has 0 bridgehead atoms. The molecule has 2 amide bonds. The molecule has 6 nitrogen and oxygen atoms in total. The lowest BCUT2D eigenvalue weighted by atomic mass is 10.0. The molecule has 1 aromatic rings. The number of hydrogen-bond donors (Lipinski definition) is 3. The summed E-state index contributed by atoms with van der Waals surface area (Å²) in [5.74, 6) is -1.93. The summed E-state index contributed by atoms with van der Waals surface area (Å²) >= 11 is 0. The number of carboxylic acid groups (broad SMARTS) is 1. The topological polar surface area (TPSA) is 95.5 Å². The molecule has 0 saturated heterocycles. The van der Waals surface area contributed by atoms with Gasteiger partial charge in [0.05, 0.1) is 0 Å². The zero-order valence-electron chi connectivity index (χ0n) is 12.1. The Kier molecular flexibility index (Phi) is 6.39. The molecule has 1 atom stereocenters. The maximum atomic E-state index is 11.7. The van der Waals surface area contributed by atoms with Crippen LogP contribution in [-0.2, 0) is 9.59 Å². The van der Waals surface area contributed by atoms with Gasteiger partial charge in [0.25, 0.3) is 5.91 Å². The van der Waals surface area contributed by atoms with Gasteiger partial charge in [0.1, 0.15) is 6.04 Å². The molecule has 0 heterocycles. The van der Waals surface area contributed by atoms with E-state index < -0.39 is 17.9 Å². The van der Waals surface area contributed by atoms with E-state index in [2.05, 4.69) is 10.6 Å². The van der Waals surface area contributed by atoms with E-state index in [1.807, 2.05) is 6.07 Å². The Morgan fingerprint density at radius 1 is 1.14 bits per heavy atom. The van der Waals surface area contributed by atoms with Crippen molar-refractivity contribution in [2.75, 3.05) is 6.54 Å². The van der Waals surface area contributed by atoms with Crippen molar-refractivity contribution in [3.63, 3.8) is 0 Å². The molecule has 0 aliphatic heterocycles. The zero-order valence-corrected chi connectivity index (χ0v) is 12.1. The average Bonchev–Trinajstić information content (AvgIpc) is 2.45. The minimum Gasteiger partial charge on any atom is -0.480 e. The SMILES string of the molecule is CC(C)[C@@H](NC(=O)CCNC(=O)c1ccccc1)C(=O)O. The first-order chi connectivity index (χ1) is 9.91. The van der Waals surface area contributed by atoms with E-state index in [-0.39, 0.29) is 24.8 Å². The van der Waals surface area contributed by atoms with Gasteiger partial charge in [-0.3, -0.25) is 9.59 Å². The molecule has 6 heteroatoms. The highest BCUT2D eigenvalue weighted by Crippen LogP contribution is 2.02. The molecule has 3 N–H and O–H groups in total. The van der Waals surface area contributed by atoms with E-state index in [1.165, 1.54) is 0 Å². The fourth-order valence-corrected chi connectivity index (χ4v) is 1.74. The highest BCUT2D eigenvalue weighted by atomic mass is 16.4. The molecule has 0 aliphatic rings. The van der Waals surface area contributed by atoms with Crippen molar-refractivity contribution in [3.8, 4) is 0 Å². The number of nitrogens with one attached hydrogen (secondary N) is 2. The van der Waals surface area contributed by atoms with Crippen molar-refractivity contribution >= 4 is 17.8 Å². The molecule has 0 aromatic heterocycles. The van der Waals surface area contributed by atoms with Gasteiger partial charge >= 0.3 is 5.97 Å². The molecule has 0 aliphatic carbocycles. The summed E-state index contributed by atoms with van der Waals surface area (Å²) in [4.78, 5) is 34.3. The quantitative estimate of drug-likeness (QED) is 0.699. The summed E-state index contributed by atoms with van der Waals surface area (Å²) in [6.07, 6.45) is 0.0368. The Balaban J connectivity index is 2.37. The van der Waals surface area contributed by atoms with E-state index in [0.717, 1.165) is 0 Å². The predicted octanol–water partition coefficient (Wildman–Crippen LogP) is 1.03. The lowest BCUT2D eigenvalue weighted by molar-refractivity contribution is -0.143. The van der Waals surface area contributed by atoms with Gasteiger partial charge in [0.15, 0.2) is 0 Å². The summed E-state index contributed by atoms with van der Waals surface area (Å²) in [5.41, 5.74) is 0.517. The van der Waals surface area contributed by atoms with Crippen molar-refractivity contribution in [2.24, 2.45) is 5.92 Å². The maximum absolute atomic E-state index is 11.7. The first-order valence-electron chi connectivity index (χ1n) is 6.77. The highest BCUT2D eigenvalue weighted by Gasteiger charge is 2.23. The van der Waals surface area contributed by atoms with Crippen LogP contribution >= 0.6 is 0 Å². The largest absolute Gasteiger partial charge is 0.480 e. The van der Waals surface area contributed by atoms with Gasteiger partial charge in [-0.05, 0) is 18.1 Å². The number of carbonyl (C=O) groups is 3. The Labute approximate surface area is 123 Å². The summed E-state index contributed by atoms with van der Waals surface area (Å²) in [6.45, 7) is 3.59. The van der Waals surface area contributed by atoms with Crippen LogP contribution in [0.3, 0.4) is 0 Å². The van der Waals surface area contributed by atoms with Crippen LogP contribution < -0.4 is 10.6 Å². The third kappa shape index (κ3) is 5.64. The van der Waals surface area contributed by atoms with E-state index >= 15 is 0 Å². The van der Waals surface area contributed by atoms with Crippen molar-refractivity contribution in [1.29, 1.82) is 0 Å². The minimum atomic E-state index is -1.06. The maximum Gasteiger partial charge on any atom is 0.326 e. The zero-order chi connectivity index (χ0) is 15.8. The second kappa shape index (κ2) is 8.04. The summed E-state index contributed by atoms with van der Waals surface area (Å²) < 4.78 is 0. The van der Waals surface area contributed by atoms with E-state index in [1.54, 1.807) is 38.1 Å². The number of benzene rings is 1. The molecule has 114 valence electrons. The smallest absolute Gasteiger partial charge is 0.326 e. The highest BCUT2D eigenvalue weighted by molar-refractivity contribution is 5.94. The number of rotatable bonds is 7. The van der Waals surface area contributed by atoms with E-state index in [4.69, 9.17) is 5.11 Å². The third-order valence-electron chi connectivity index (χ3n) is 2.92. The van der Waals surface area contributed by atoms with Gasteiger partial charge in [-0.15, -0.1) is 0 Å². The Hall–Kier alpha value is -2.37. The summed E-state index contributed by atoms with van der Waals surface area (Å²) in [6, 6.07) is 7.75. The molecule has 0 saturated carbocycles. The van der Waals surface area contributed by atoms with Gasteiger partial charge in [0.2, 0.25) is 5.91 Å². The fraction of sp³-hybridized carbons (Fsp3) is 0.400. The minimum absolute atomic E-state index is 0.0368. The van der Waals surface area contributed by atoms with Crippen LogP contribution in [0.4, 0.5) is 0 Å². The lowest BCUT2D eigenvalue weighted by Crippen LogP contribution is -2.45. The van der Waals surface area contributed by atoms with Crippen molar-refractivity contribution in [1.82, 2.24) is 10.6 Å². The van der Waals surface area contributed by atoms with Gasteiger partial charge < -0.3 is 15.7 Å². The van der Waals surface area contributed by atoms with Crippen molar-refractivity contribution in [3.05, 3.63) is 35.9 Å². The molecule has 0 spiro atoms. The number of amides is 2. The first kappa shape index (κ1) is 16.7. The van der Waals surface area contributed by atoms with Crippen molar-refractivity contribution in [2.45, 2.75) is 26.3 Å². The third-order valence-corrected chi connectivity index (χ3v) is 2.92. The van der Waals surface area contributed by atoms with Gasteiger partial charge in [-0.2, -0.15) is 0 Å². The van der Waals surface area contributed by atoms with Crippen LogP contribution in [-0.4, -0.2) is 35.5 Å². The normalized spacial score (nSPS) is 11.8. The molecular weight excluding hydrogens is 272 g/mol. The first-order valence-corrected chi connectivity index (χ1v) is 6.77. The monoisotopic (exact) mass is 292 g/mol. The Morgan fingerprint density at radius 3 is 2.29 bits per heavy atom. The second-order valence-electron chi connectivity index (χ2n) is 5.00. The number of hydrogen-bond acceptors (Lipinski definition) is 3. The molecule has 21 heavy (non-hydrogen) atoms. The molecule has 1 rings (SSSR count). The van der Waals surface area contributed by atoms with E-state index in [9.17, 15) is 14.4 Å². The van der Waals surface area contributed by atoms with Gasteiger partial charge in [0, 0.05) is 18.5 Å². The van der Waals surface area contributed by atoms with Crippen LogP contribution in [0.15, 0.2) is 30.3 Å². The Bertz CT molecular complexity index is 500. The molecule has 0 radical (unpaired) electrons. The average molecular weight is 292 g/mol. The fourth-order valence-electron chi connectivity index (χ4n) is 1.74. The number of carbonyl (C=O) groups excluding carboxylic acids is 2. The van der Waals surface area contributed by atoms with Crippen LogP contribution in [0.1, 0.15) is 30.6 Å². The predicted molar refractivity (Wildman–Crippen MR) is 77.8 cm³/mol. The molecular formula is C15H20N2O4. The summed E-state index contributed by atoms with van der Waals surface area (Å²) in [7, 11) is 0. The lowest BCUT2D eigenvalue weighted by Gasteiger charge is -2.17. The van der Waals surface area contributed by atoms with Crippen LogP contribution in [0.5, 0.6) is 0 Å². The van der Waals surface area contributed by atoms with Gasteiger partial charge in [-0.1, -0.05) is 32.0 Å².